The highest BCUT2D eigenvalue weighted by Gasteiger charge is 2.27. The van der Waals surface area contributed by atoms with Gasteiger partial charge in [0.15, 0.2) is 11.5 Å². The molecule has 1 saturated heterocycles. The first kappa shape index (κ1) is 13.3. The minimum absolute atomic E-state index is 0.0552. The van der Waals surface area contributed by atoms with Crippen LogP contribution in [0, 0.1) is 17.1 Å². The van der Waals surface area contributed by atoms with Gasteiger partial charge < -0.3 is 9.64 Å². The van der Waals surface area contributed by atoms with Crippen molar-refractivity contribution in [3.05, 3.63) is 48.2 Å². The largest absolute Gasteiger partial charge is 0.488 e. The second kappa shape index (κ2) is 5.75. The number of halogens is 1. The molecular formula is C15H13FN4O. The Hall–Kier alpha value is -2.68. The molecular weight excluding hydrogens is 271 g/mol. The van der Waals surface area contributed by atoms with Gasteiger partial charge in [-0.2, -0.15) is 5.26 Å². The number of nitriles is 1. The Morgan fingerprint density at radius 1 is 1.33 bits per heavy atom. The van der Waals surface area contributed by atoms with Crippen LogP contribution in [0.3, 0.4) is 0 Å². The molecule has 0 aliphatic carbocycles. The van der Waals surface area contributed by atoms with E-state index >= 15 is 0 Å². The Balaban J connectivity index is 1.70. The first-order chi connectivity index (χ1) is 10.3. The van der Waals surface area contributed by atoms with E-state index in [1.807, 2.05) is 11.0 Å². The summed E-state index contributed by atoms with van der Waals surface area (Å²) in [5, 5.41) is 9.06. The van der Waals surface area contributed by atoms with Crippen LogP contribution in [-0.4, -0.2) is 29.2 Å². The third kappa shape index (κ3) is 2.92. The molecule has 3 rings (SSSR count). The highest BCUT2D eigenvalue weighted by molar-refractivity contribution is 5.50. The zero-order valence-corrected chi connectivity index (χ0v) is 11.2. The molecule has 2 aromatic rings. The average Bonchev–Trinajstić information content (AvgIpc) is 2.95. The highest BCUT2D eigenvalue weighted by atomic mass is 19.1. The van der Waals surface area contributed by atoms with Gasteiger partial charge in [-0.3, -0.25) is 0 Å². The maximum absolute atomic E-state index is 13.1. The third-order valence-corrected chi connectivity index (χ3v) is 3.33. The maximum Gasteiger partial charge on any atom is 0.183 e. The summed E-state index contributed by atoms with van der Waals surface area (Å²) < 4.78 is 18.9. The van der Waals surface area contributed by atoms with Gasteiger partial charge in [-0.15, -0.1) is 0 Å². The molecule has 106 valence electrons. The molecule has 0 spiro atoms. The number of anilines is 1. The van der Waals surface area contributed by atoms with E-state index in [1.165, 1.54) is 18.3 Å². The van der Waals surface area contributed by atoms with Crippen LogP contribution in [0.1, 0.15) is 12.1 Å². The quantitative estimate of drug-likeness (QED) is 0.864. The molecule has 5 nitrogen and oxygen atoms in total. The fraction of sp³-hybridized carbons (Fsp3) is 0.267. The minimum Gasteiger partial charge on any atom is -0.488 e. The summed E-state index contributed by atoms with van der Waals surface area (Å²) in [7, 11) is 0. The molecule has 6 heteroatoms. The highest BCUT2D eigenvalue weighted by Crippen LogP contribution is 2.23. The topological polar surface area (TPSA) is 62.0 Å². The molecule has 1 aromatic heterocycles. The molecule has 1 aromatic carbocycles. The predicted molar refractivity (Wildman–Crippen MR) is 74.4 cm³/mol. The van der Waals surface area contributed by atoms with Crippen LogP contribution in [-0.2, 0) is 0 Å². The average molecular weight is 284 g/mol. The van der Waals surface area contributed by atoms with E-state index in [-0.39, 0.29) is 11.9 Å². The predicted octanol–water partition coefficient (Wildman–Crippen LogP) is 2.15. The molecule has 2 heterocycles. The fourth-order valence-electron chi connectivity index (χ4n) is 2.39. The van der Waals surface area contributed by atoms with Gasteiger partial charge >= 0.3 is 0 Å². The second-order valence-corrected chi connectivity index (χ2v) is 4.77. The van der Waals surface area contributed by atoms with E-state index in [1.54, 1.807) is 18.3 Å². The number of aromatic nitrogens is 2. The van der Waals surface area contributed by atoms with Crippen molar-refractivity contribution in [1.29, 1.82) is 5.26 Å². The number of nitrogens with zero attached hydrogens (tertiary/aromatic N) is 4. The molecule has 0 bridgehead atoms. The van der Waals surface area contributed by atoms with Crippen molar-refractivity contribution < 1.29 is 9.13 Å². The van der Waals surface area contributed by atoms with Crippen molar-refractivity contribution in [2.45, 2.75) is 12.5 Å². The summed E-state index contributed by atoms with van der Waals surface area (Å²) in [4.78, 5) is 10.2. The first-order valence-electron chi connectivity index (χ1n) is 6.64. The Morgan fingerprint density at radius 3 is 3.00 bits per heavy atom. The number of rotatable bonds is 3. The van der Waals surface area contributed by atoms with E-state index in [0.717, 1.165) is 13.0 Å². The van der Waals surface area contributed by atoms with Crippen LogP contribution in [0.2, 0.25) is 0 Å². The smallest absolute Gasteiger partial charge is 0.183 e. The monoisotopic (exact) mass is 284 g/mol. The number of hydrogen-bond donors (Lipinski definition) is 0. The van der Waals surface area contributed by atoms with Gasteiger partial charge in [0.25, 0.3) is 0 Å². The maximum atomic E-state index is 13.1. The summed E-state index contributed by atoms with van der Waals surface area (Å²) in [6.07, 6.45) is 3.80. The van der Waals surface area contributed by atoms with Gasteiger partial charge in [-0.25, -0.2) is 14.4 Å². The van der Waals surface area contributed by atoms with E-state index in [2.05, 4.69) is 9.97 Å². The molecule has 0 saturated carbocycles. The second-order valence-electron chi connectivity index (χ2n) is 4.77. The van der Waals surface area contributed by atoms with Crippen molar-refractivity contribution in [1.82, 2.24) is 9.97 Å². The standard InChI is InChI=1S/C15H13FN4O/c16-11-2-1-3-12(8-11)21-13-4-7-20(10-13)15-14(9-17)18-5-6-19-15/h1-3,5-6,8,13H,4,7,10H2. The van der Waals surface area contributed by atoms with Gasteiger partial charge in [0.05, 0.1) is 6.54 Å². The van der Waals surface area contributed by atoms with E-state index < -0.39 is 0 Å². The van der Waals surface area contributed by atoms with Gasteiger partial charge in [0, 0.05) is 31.4 Å². The fourth-order valence-corrected chi connectivity index (χ4v) is 2.39. The lowest BCUT2D eigenvalue weighted by atomic mass is 10.3. The summed E-state index contributed by atoms with van der Waals surface area (Å²) in [5.41, 5.74) is 0.309. The molecule has 21 heavy (non-hydrogen) atoms. The molecule has 1 aliphatic heterocycles. The van der Waals surface area contributed by atoms with Crippen molar-refractivity contribution in [2.75, 3.05) is 18.0 Å². The third-order valence-electron chi connectivity index (χ3n) is 3.33. The molecule has 0 N–H and O–H groups in total. The van der Waals surface area contributed by atoms with Crippen molar-refractivity contribution in [3.63, 3.8) is 0 Å². The lowest BCUT2D eigenvalue weighted by molar-refractivity contribution is 0.224. The number of benzene rings is 1. The summed E-state index contributed by atoms with van der Waals surface area (Å²) in [5.74, 6) is 0.773. The number of ether oxygens (including phenoxy) is 1. The minimum atomic E-state index is -0.317. The zero-order chi connectivity index (χ0) is 14.7. The molecule has 1 atom stereocenters. The Labute approximate surface area is 121 Å². The lowest BCUT2D eigenvalue weighted by Gasteiger charge is -2.18. The van der Waals surface area contributed by atoms with Gasteiger partial charge in [-0.05, 0) is 12.1 Å². The van der Waals surface area contributed by atoms with E-state index in [4.69, 9.17) is 10.00 Å². The van der Waals surface area contributed by atoms with Crippen LogP contribution in [0.25, 0.3) is 0 Å². The van der Waals surface area contributed by atoms with Gasteiger partial charge in [0.2, 0.25) is 0 Å². The van der Waals surface area contributed by atoms with Crippen LogP contribution in [0.4, 0.5) is 10.2 Å². The van der Waals surface area contributed by atoms with E-state index in [9.17, 15) is 4.39 Å². The van der Waals surface area contributed by atoms with Crippen LogP contribution < -0.4 is 9.64 Å². The molecule has 0 radical (unpaired) electrons. The van der Waals surface area contributed by atoms with Crippen molar-refractivity contribution >= 4 is 5.82 Å². The summed E-state index contributed by atoms with van der Waals surface area (Å²) in [6, 6.07) is 8.14. The van der Waals surface area contributed by atoms with Crippen molar-refractivity contribution in [2.24, 2.45) is 0 Å². The zero-order valence-electron chi connectivity index (χ0n) is 11.2. The number of hydrogen-bond acceptors (Lipinski definition) is 5. The van der Waals surface area contributed by atoms with Gasteiger partial charge in [-0.1, -0.05) is 6.07 Å². The lowest BCUT2D eigenvalue weighted by Crippen LogP contribution is -2.26. The Morgan fingerprint density at radius 2 is 2.19 bits per heavy atom. The van der Waals surface area contributed by atoms with Crippen molar-refractivity contribution in [3.8, 4) is 11.8 Å². The summed E-state index contributed by atoms with van der Waals surface area (Å²) in [6.45, 7) is 1.33. The van der Waals surface area contributed by atoms with Crippen LogP contribution in [0.15, 0.2) is 36.7 Å². The van der Waals surface area contributed by atoms with Crippen LogP contribution in [0.5, 0.6) is 5.75 Å². The van der Waals surface area contributed by atoms with E-state index in [0.29, 0.717) is 23.8 Å². The SMILES string of the molecule is N#Cc1nccnc1N1CCC(Oc2cccc(F)c2)C1. The molecule has 1 aliphatic rings. The molecule has 1 fully saturated rings. The van der Waals surface area contributed by atoms with Gasteiger partial charge in [0.1, 0.15) is 23.7 Å². The Bertz CT molecular complexity index is 685. The normalized spacial score (nSPS) is 17.5. The summed E-state index contributed by atoms with van der Waals surface area (Å²) >= 11 is 0. The Kier molecular flexibility index (Phi) is 3.65. The molecule has 1 unspecified atom stereocenters. The van der Waals surface area contributed by atoms with Crippen LogP contribution >= 0.6 is 0 Å². The first-order valence-corrected chi connectivity index (χ1v) is 6.64. The molecule has 0 amide bonds.